The molecule has 0 radical (unpaired) electrons. The summed E-state index contributed by atoms with van der Waals surface area (Å²) in [4.78, 5) is 72.9. The lowest BCUT2D eigenvalue weighted by Crippen LogP contribution is -2.30. The zero-order valence-corrected chi connectivity index (χ0v) is 70.0. The standard InChI is InChI=1S/C85H166O17P2/c1-6-9-12-15-17-19-21-23-25-27-29-31-33-38-42-46-50-54-59-64-69-83(88)96-75-81(102-85(90)71-66-61-55-51-47-43-39-34-32-30-28-26-24-22-20-18-16-13-10-7-2)77-100-104(93,94)98-73-79(86)72-97-103(91,92)99-76-80(74-95-82(87)68-63-57-14-11-8-3)101-84(89)70-65-60-56-52-48-44-40-36-35-37-41-45-49-53-58-62-67-78(4)5/h78-81,86H,6-77H2,1-5H3,(H,91,92)(H,93,94)/t79-,80+,81+/m0/s1. The molecule has 0 bridgehead atoms. The van der Waals surface area contributed by atoms with Crippen LogP contribution in [0.4, 0.5) is 0 Å². The summed E-state index contributed by atoms with van der Waals surface area (Å²) in [6.07, 6.45) is 71.4. The van der Waals surface area contributed by atoms with E-state index < -0.39 is 97.5 Å². The van der Waals surface area contributed by atoms with Crippen LogP contribution in [0.15, 0.2) is 0 Å². The van der Waals surface area contributed by atoms with Gasteiger partial charge in [-0.3, -0.25) is 37.3 Å². The van der Waals surface area contributed by atoms with E-state index in [2.05, 4.69) is 34.6 Å². The Morgan fingerprint density at radius 2 is 0.442 bits per heavy atom. The third-order valence-corrected chi connectivity index (χ3v) is 21.9. The predicted molar refractivity (Wildman–Crippen MR) is 428 cm³/mol. The Labute approximate surface area is 638 Å². The van der Waals surface area contributed by atoms with Gasteiger partial charge in [0.05, 0.1) is 26.4 Å². The zero-order chi connectivity index (χ0) is 76.2. The number of rotatable bonds is 85. The second kappa shape index (κ2) is 77.8. The van der Waals surface area contributed by atoms with Crippen molar-refractivity contribution in [2.24, 2.45) is 5.92 Å². The number of ether oxygens (including phenoxy) is 4. The van der Waals surface area contributed by atoms with Crippen LogP contribution in [0.5, 0.6) is 0 Å². The van der Waals surface area contributed by atoms with Crippen molar-refractivity contribution >= 4 is 39.5 Å². The van der Waals surface area contributed by atoms with Gasteiger partial charge in [0.25, 0.3) is 0 Å². The number of carbonyl (C=O) groups excluding carboxylic acids is 4. The molecule has 3 N–H and O–H groups in total. The molecule has 0 aromatic rings. The maximum atomic E-state index is 13.1. The zero-order valence-electron chi connectivity index (χ0n) is 68.2. The molecule has 618 valence electrons. The van der Waals surface area contributed by atoms with Crippen molar-refractivity contribution in [2.75, 3.05) is 39.6 Å². The highest BCUT2D eigenvalue weighted by molar-refractivity contribution is 7.47. The van der Waals surface area contributed by atoms with Gasteiger partial charge in [-0.1, -0.05) is 407 Å². The molecule has 19 heteroatoms. The minimum Gasteiger partial charge on any atom is -0.462 e. The molecular weight excluding hydrogens is 1350 g/mol. The van der Waals surface area contributed by atoms with Crippen molar-refractivity contribution < 1.29 is 80.2 Å². The summed E-state index contributed by atoms with van der Waals surface area (Å²) in [5.41, 5.74) is 0. The Morgan fingerprint density at radius 3 is 0.654 bits per heavy atom. The molecule has 0 saturated carbocycles. The molecule has 2 unspecified atom stereocenters. The number of aliphatic hydroxyl groups excluding tert-OH is 1. The average Bonchev–Trinajstić information content (AvgIpc) is 0.905. The summed E-state index contributed by atoms with van der Waals surface area (Å²) < 4.78 is 68.6. The Hall–Kier alpha value is -1.94. The third-order valence-electron chi connectivity index (χ3n) is 20.0. The van der Waals surface area contributed by atoms with Gasteiger partial charge in [0.15, 0.2) is 12.2 Å². The molecular formula is C85H166O17P2. The van der Waals surface area contributed by atoms with Crippen LogP contribution in [-0.4, -0.2) is 96.7 Å². The Kier molecular flexibility index (Phi) is 76.3. The Morgan fingerprint density at radius 1 is 0.260 bits per heavy atom. The maximum absolute atomic E-state index is 13.1. The smallest absolute Gasteiger partial charge is 0.462 e. The van der Waals surface area contributed by atoms with E-state index in [1.807, 2.05) is 0 Å². The fraction of sp³-hybridized carbons (Fsp3) is 0.953. The normalized spacial score (nSPS) is 13.8. The molecule has 0 aliphatic rings. The molecule has 0 aliphatic carbocycles. The van der Waals surface area contributed by atoms with Gasteiger partial charge in [0.1, 0.15) is 19.3 Å². The molecule has 0 aliphatic heterocycles. The number of phosphoric ester groups is 2. The van der Waals surface area contributed by atoms with Crippen LogP contribution in [0.25, 0.3) is 0 Å². The first-order valence-electron chi connectivity index (χ1n) is 44.1. The second-order valence-corrected chi connectivity index (χ2v) is 34.0. The molecule has 0 aromatic heterocycles. The van der Waals surface area contributed by atoms with Gasteiger partial charge >= 0.3 is 39.5 Å². The van der Waals surface area contributed by atoms with Crippen molar-refractivity contribution in [3.05, 3.63) is 0 Å². The number of hydrogen-bond donors (Lipinski definition) is 3. The van der Waals surface area contributed by atoms with Crippen LogP contribution in [0.3, 0.4) is 0 Å². The molecule has 0 aromatic carbocycles. The van der Waals surface area contributed by atoms with Crippen molar-refractivity contribution in [3.8, 4) is 0 Å². The average molecular weight is 1520 g/mol. The van der Waals surface area contributed by atoms with Gasteiger partial charge in [0.2, 0.25) is 0 Å². The van der Waals surface area contributed by atoms with E-state index in [4.69, 9.17) is 37.0 Å². The first-order chi connectivity index (χ1) is 50.5. The fourth-order valence-electron chi connectivity index (χ4n) is 13.3. The quantitative estimate of drug-likeness (QED) is 0.0222. The SMILES string of the molecule is CCCCCCCCCCCCCCCCCCCCCCC(=O)OC[C@H](COP(=O)(O)OC[C@@H](O)COP(=O)(O)OC[C@@H](COC(=O)CCCCCCC)OC(=O)CCCCCCCCCCCCCCCCCCC(C)C)OC(=O)CCCCCCCCCCCCCCCCCCCCCC. The summed E-state index contributed by atoms with van der Waals surface area (Å²) in [6, 6.07) is 0. The highest BCUT2D eigenvalue weighted by Gasteiger charge is 2.30. The van der Waals surface area contributed by atoms with Crippen LogP contribution in [-0.2, 0) is 65.4 Å². The van der Waals surface area contributed by atoms with Crippen LogP contribution in [0, 0.1) is 5.92 Å². The van der Waals surface area contributed by atoms with E-state index >= 15 is 0 Å². The molecule has 0 heterocycles. The minimum atomic E-state index is -4.96. The summed E-state index contributed by atoms with van der Waals surface area (Å²) >= 11 is 0. The molecule has 17 nitrogen and oxygen atoms in total. The van der Waals surface area contributed by atoms with E-state index in [9.17, 15) is 43.2 Å². The minimum absolute atomic E-state index is 0.108. The molecule has 0 rings (SSSR count). The van der Waals surface area contributed by atoms with E-state index in [1.54, 1.807) is 0 Å². The number of phosphoric acid groups is 2. The maximum Gasteiger partial charge on any atom is 0.472 e. The number of esters is 4. The van der Waals surface area contributed by atoms with Crippen molar-refractivity contribution in [3.63, 3.8) is 0 Å². The van der Waals surface area contributed by atoms with Gasteiger partial charge in [-0.25, -0.2) is 9.13 Å². The lowest BCUT2D eigenvalue weighted by atomic mass is 10.0. The fourth-order valence-corrected chi connectivity index (χ4v) is 14.9. The van der Waals surface area contributed by atoms with Gasteiger partial charge < -0.3 is 33.8 Å². The summed E-state index contributed by atoms with van der Waals surface area (Å²) in [6.45, 7) is 7.29. The number of hydrogen-bond acceptors (Lipinski definition) is 15. The molecule has 0 spiro atoms. The van der Waals surface area contributed by atoms with Crippen LogP contribution < -0.4 is 0 Å². The van der Waals surface area contributed by atoms with E-state index in [1.165, 1.54) is 276 Å². The monoisotopic (exact) mass is 1520 g/mol. The predicted octanol–water partition coefficient (Wildman–Crippen LogP) is 26.0. The molecule has 5 atom stereocenters. The first-order valence-corrected chi connectivity index (χ1v) is 47.1. The molecule has 0 amide bonds. The van der Waals surface area contributed by atoms with Crippen LogP contribution in [0.2, 0.25) is 0 Å². The molecule has 0 saturated heterocycles. The van der Waals surface area contributed by atoms with Gasteiger partial charge in [0, 0.05) is 25.7 Å². The third kappa shape index (κ3) is 78.2. The molecule has 0 fully saturated rings. The number of aliphatic hydroxyl groups is 1. The van der Waals surface area contributed by atoms with E-state index in [0.717, 1.165) is 102 Å². The topological polar surface area (TPSA) is 237 Å². The number of carbonyl (C=O) groups is 4. The van der Waals surface area contributed by atoms with Crippen molar-refractivity contribution in [1.29, 1.82) is 0 Å². The van der Waals surface area contributed by atoms with Crippen molar-refractivity contribution in [2.45, 2.75) is 477 Å². The first kappa shape index (κ1) is 102. The van der Waals surface area contributed by atoms with Crippen molar-refractivity contribution in [1.82, 2.24) is 0 Å². The lowest BCUT2D eigenvalue weighted by Gasteiger charge is -2.21. The van der Waals surface area contributed by atoms with Crippen LogP contribution in [0.1, 0.15) is 458 Å². The summed E-state index contributed by atoms with van der Waals surface area (Å²) in [5, 5.41) is 10.6. The van der Waals surface area contributed by atoms with E-state index in [0.29, 0.717) is 25.7 Å². The van der Waals surface area contributed by atoms with Gasteiger partial charge in [-0.15, -0.1) is 0 Å². The lowest BCUT2D eigenvalue weighted by molar-refractivity contribution is -0.161. The largest absolute Gasteiger partial charge is 0.472 e. The Bertz CT molecular complexity index is 1980. The Balaban J connectivity index is 5.09. The highest BCUT2D eigenvalue weighted by Crippen LogP contribution is 2.45. The van der Waals surface area contributed by atoms with Gasteiger partial charge in [-0.05, 0) is 31.6 Å². The molecule has 104 heavy (non-hydrogen) atoms. The van der Waals surface area contributed by atoms with E-state index in [-0.39, 0.29) is 25.7 Å². The summed E-state index contributed by atoms with van der Waals surface area (Å²) in [5.74, 6) is -1.30. The number of unbranched alkanes of at least 4 members (excludes halogenated alkanes) is 57. The second-order valence-electron chi connectivity index (χ2n) is 31.1. The van der Waals surface area contributed by atoms with Crippen LogP contribution >= 0.6 is 15.6 Å². The summed E-state index contributed by atoms with van der Waals surface area (Å²) in [7, 11) is -9.91. The van der Waals surface area contributed by atoms with Gasteiger partial charge in [-0.2, -0.15) is 0 Å². The highest BCUT2D eigenvalue weighted by atomic mass is 31.2.